The maximum absolute atomic E-state index is 13.6. The molecule has 39 heavy (non-hydrogen) atoms. The fourth-order valence-electron chi connectivity index (χ4n) is 4.88. The van der Waals surface area contributed by atoms with Crippen molar-refractivity contribution in [1.82, 2.24) is 14.9 Å². The highest BCUT2D eigenvalue weighted by Crippen LogP contribution is 2.25. The van der Waals surface area contributed by atoms with Gasteiger partial charge in [-0.3, -0.25) is 14.2 Å². The van der Waals surface area contributed by atoms with Crippen LogP contribution in [-0.2, 0) is 18.7 Å². The fourth-order valence-corrected chi connectivity index (χ4v) is 6.06. The Hall–Kier alpha value is -3.35. The van der Waals surface area contributed by atoms with E-state index in [1.807, 2.05) is 42.5 Å². The summed E-state index contributed by atoms with van der Waals surface area (Å²) in [7, 11) is 0. The number of amides is 1. The van der Waals surface area contributed by atoms with Gasteiger partial charge in [0.25, 0.3) is 11.5 Å². The smallest absolute Gasteiger partial charge is 0.262 e. The second-order valence-electron chi connectivity index (χ2n) is 9.85. The minimum Gasteiger partial charge on any atom is -0.352 e. The van der Waals surface area contributed by atoms with E-state index < -0.39 is 0 Å². The van der Waals surface area contributed by atoms with E-state index in [9.17, 15) is 9.59 Å². The number of hydrogen-bond acceptors (Lipinski definition) is 4. The highest BCUT2D eigenvalue weighted by molar-refractivity contribution is 7.98. The van der Waals surface area contributed by atoms with Gasteiger partial charge in [0.1, 0.15) is 0 Å². The number of halogens is 1. The molecule has 0 atom stereocenters. The van der Waals surface area contributed by atoms with E-state index in [1.54, 1.807) is 22.8 Å². The van der Waals surface area contributed by atoms with E-state index in [4.69, 9.17) is 16.6 Å². The van der Waals surface area contributed by atoms with Crippen LogP contribution in [0.5, 0.6) is 0 Å². The van der Waals surface area contributed by atoms with Gasteiger partial charge in [0.2, 0.25) is 0 Å². The molecule has 7 heteroatoms. The van der Waals surface area contributed by atoms with E-state index in [0.29, 0.717) is 45.5 Å². The summed E-state index contributed by atoms with van der Waals surface area (Å²) < 4.78 is 1.75. The third-order valence-electron chi connectivity index (χ3n) is 7.02. The molecule has 0 fully saturated rings. The fraction of sp³-hybridized carbons (Fsp3) is 0.281. The summed E-state index contributed by atoms with van der Waals surface area (Å²) in [4.78, 5) is 31.4. The Morgan fingerprint density at radius 1 is 0.974 bits per heavy atom. The molecule has 1 aromatic heterocycles. The van der Waals surface area contributed by atoms with Crippen LogP contribution in [0.2, 0.25) is 5.02 Å². The minimum atomic E-state index is -0.142. The first-order valence-corrected chi connectivity index (χ1v) is 14.8. The van der Waals surface area contributed by atoms with Crippen LogP contribution >= 0.6 is 23.4 Å². The van der Waals surface area contributed by atoms with Gasteiger partial charge < -0.3 is 5.32 Å². The van der Waals surface area contributed by atoms with Crippen LogP contribution in [0.15, 0.2) is 94.4 Å². The number of aromatic nitrogens is 2. The van der Waals surface area contributed by atoms with Crippen LogP contribution in [0.3, 0.4) is 0 Å². The van der Waals surface area contributed by atoms with Gasteiger partial charge >= 0.3 is 0 Å². The number of fused-ring (bicyclic) bond motifs is 1. The average Bonchev–Trinajstić information content (AvgIpc) is 2.96. The number of carbonyl (C=O) groups is 1. The molecule has 1 amide bonds. The molecule has 3 aromatic carbocycles. The predicted molar refractivity (Wildman–Crippen MR) is 161 cm³/mol. The SMILES string of the molecule is O=C(NCCC1=CCCCC1)c1ccc2c(=O)n(CCc3ccccc3)c(SCc3cccc(Cl)c3)nc2c1. The van der Waals surface area contributed by atoms with E-state index in [-0.39, 0.29) is 11.5 Å². The van der Waals surface area contributed by atoms with Crippen molar-refractivity contribution in [3.8, 4) is 0 Å². The van der Waals surface area contributed by atoms with Crippen molar-refractivity contribution in [2.24, 2.45) is 0 Å². The maximum atomic E-state index is 13.6. The van der Waals surface area contributed by atoms with Crippen molar-refractivity contribution in [3.05, 3.63) is 117 Å². The molecule has 0 radical (unpaired) electrons. The quantitative estimate of drug-likeness (QED) is 0.127. The van der Waals surface area contributed by atoms with Crippen molar-refractivity contribution in [3.63, 3.8) is 0 Å². The van der Waals surface area contributed by atoms with Gasteiger partial charge in [-0.2, -0.15) is 0 Å². The molecular formula is C32H32ClN3O2S. The Bertz CT molecular complexity index is 1550. The number of aryl methyl sites for hydroxylation is 1. The Morgan fingerprint density at radius 3 is 2.62 bits per heavy atom. The van der Waals surface area contributed by atoms with Gasteiger partial charge in [0.05, 0.1) is 10.9 Å². The lowest BCUT2D eigenvalue weighted by Crippen LogP contribution is -2.26. The largest absolute Gasteiger partial charge is 0.352 e. The summed E-state index contributed by atoms with van der Waals surface area (Å²) in [5.41, 5.74) is 4.59. The summed E-state index contributed by atoms with van der Waals surface area (Å²) in [6, 6.07) is 23.0. The summed E-state index contributed by atoms with van der Waals surface area (Å²) in [6.07, 6.45) is 8.66. The Labute approximate surface area is 238 Å². The number of benzene rings is 3. The predicted octanol–water partition coefficient (Wildman–Crippen LogP) is 7.21. The molecule has 1 aliphatic carbocycles. The summed E-state index contributed by atoms with van der Waals surface area (Å²) in [6.45, 7) is 1.12. The second kappa shape index (κ2) is 13.1. The number of nitrogens with zero attached hydrogens (tertiary/aromatic N) is 2. The number of allylic oxidation sites excluding steroid dienone is 1. The van der Waals surface area contributed by atoms with Crippen LogP contribution < -0.4 is 10.9 Å². The highest BCUT2D eigenvalue weighted by atomic mass is 35.5. The third-order valence-corrected chi connectivity index (χ3v) is 8.31. The Balaban J connectivity index is 1.39. The molecule has 1 heterocycles. The topological polar surface area (TPSA) is 64.0 Å². The number of carbonyl (C=O) groups excluding carboxylic acids is 1. The number of nitrogens with one attached hydrogen (secondary N) is 1. The van der Waals surface area contributed by atoms with Crippen LogP contribution in [0.4, 0.5) is 0 Å². The monoisotopic (exact) mass is 557 g/mol. The molecular weight excluding hydrogens is 526 g/mol. The molecule has 0 unspecified atom stereocenters. The number of thioether (sulfide) groups is 1. The molecule has 0 aliphatic heterocycles. The van der Waals surface area contributed by atoms with Gasteiger partial charge in [0, 0.05) is 29.4 Å². The van der Waals surface area contributed by atoms with E-state index in [0.717, 1.165) is 36.8 Å². The van der Waals surface area contributed by atoms with Gasteiger partial charge in [0.15, 0.2) is 5.16 Å². The van der Waals surface area contributed by atoms with Crippen molar-refractivity contribution in [2.75, 3.05) is 6.54 Å². The zero-order valence-electron chi connectivity index (χ0n) is 21.9. The van der Waals surface area contributed by atoms with Gasteiger partial charge in [-0.15, -0.1) is 0 Å². The molecule has 5 rings (SSSR count). The third kappa shape index (κ3) is 7.20. The maximum Gasteiger partial charge on any atom is 0.262 e. The standard InChI is InChI=1S/C32H32ClN3O2S/c33-27-13-7-12-25(20-27)22-39-32-35-29-21-26(30(37)34-18-16-23-8-3-1-4-9-23)14-15-28(29)31(38)36(32)19-17-24-10-5-2-6-11-24/h2,5-8,10-15,20-21H,1,3-4,9,16-19,22H2,(H,34,37). The lowest BCUT2D eigenvalue weighted by molar-refractivity contribution is 0.0954. The lowest BCUT2D eigenvalue weighted by atomic mass is 9.97. The number of hydrogen-bond donors (Lipinski definition) is 1. The molecule has 5 nitrogen and oxygen atoms in total. The molecule has 200 valence electrons. The zero-order valence-corrected chi connectivity index (χ0v) is 23.4. The minimum absolute atomic E-state index is 0.0966. The highest BCUT2D eigenvalue weighted by Gasteiger charge is 2.15. The Morgan fingerprint density at radius 2 is 1.82 bits per heavy atom. The van der Waals surface area contributed by atoms with Crippen LogP contribution in [0.1, 0.15) is 53.6 Å². The summed E-state index contributed by atoms with van der Waals surface area (Å²) in [5, 5.41) is 4.85. The first-order chi connectivity index (χ1) is 19.1. The van der Waals surface area contributed by atoms with Crippen molar-refractivity contribution in [1.29, 1.82) is 0 Å². The molecule has 1 aliphatic rings. The van der Waals surface area contributed by atoms with Gasteiger partial charge in [-0.25, -0.2) is 4.98 Å². The average molecular weight is 558 g/mol. The van der Waals surface area contributed by atoms with Gasteiger partial charge in [-0.05, 0) is 80.0 Å². The van der Waals surface area contributed by atoms with Gasteiger partial charge in [-0.1, -0.05) is 77.5 Å². The number of rotatable bonds is 10. The molecule has 1 N–H and O–H groups in total. The molecule has 0 saturated carbocycles. The van der Waals surface area contributed by atoms with Crippen LogP contribution in [0.25, 0.3) is 10.9 Å². The summed E-state index contributed by atoms with van der Waals surface area (Å²) >= 11 is 7.69. The molecule has 4 aromatic rings. The molecule has 0 saturated heterocycles. The normalized spacial score (nSPS) is 13.3. The van der Waals surface area contributed by atoms with E-state index in [1.165, 1.54) is 30.2 Å². The lowest BCUT2D eigenvalue weighted by Gasteiger charge is -2.14. The molecule has 0 spiro atoms. The zero-order chi connectivity index (χ0) is 27.0. The van der Waals surface area contributed by atoms with Crippen LogP contribution in [-0.4, -0.2) is 22.0 Å². The second-order valence-corrected chi connectivity index (χ2v) is 11.2. The Kier molecular flexibility index (Phi) is 9.17. The van der Waals surface area contributed by atoms with E-state index >= 15 is 0 Å². The molecule has 0 bridgehead atoms. The van der Waals surface area contributed by atoms with E-state index in [2.05, 4.69) is 23.5 Å². The summed E-state index contributed by atoms with van der Waals surface area (Å²) in [5.74, 6) is 0.483. The van der Waals surface area contributed by atoms with Crippen molar-refractivity contribution < 1.29 is 4.79 Å². The van der Waals surface area contributed by atoms with Crippen molar-refractivity contribution >= 4 is 40.2 Å². The van der Waals surface area contributed by atoms with Crippen molar-refractivity contribution in [2.45, 2.75) is 56.0 Å². The van der Waals surface area contributed by atoms with Crippen LogP contribution in [0, 0.1) is 0 Å². The first-order valence-electron chi connectivity index (χ1n) is 13.5. The first kappa shape index (κ1) is 27.2.